The molecule has 1 aliphatic carbocycles. The van der Waals surface area contributed by atoms with Crippen molar-refractivity contribution in [2.75, 3.05) is 0 Å². The number of aromatic amines is 1. The highest BCUT2D eigenvalue weighted by Gasteiger charge is 2.24. The lowest BCUT2D eigenvalue weighted by Gasteiger charge is -2.20. The number of halogens is 1. The predicted octanol–water partition coefficient (Wildman–Crippen LogP) is 5.72. The topological polar surface area (TPSA) is 28.7 Å². The molecule has 0 amide bonds. The van der Waals surface area contributed by atoms with Crippen molar-refractivity contribution in [3.8, 4) is 0 Å². The molecule has 24 heavy (non-hydrogen) atoms. The SMILES string of the molecule is Cc1cnc2[nH]c(C(CC3CCCC3)c3cccc(F)c3)cc2c1. The molecule has 0 saturated heterocycles. The fraction of sp³-hybridized carbons (Fsp3) is 0.381. The molecule has 1 saturated carbocycles. The van der Waals surface area contributed by atoms with E-state index in [4.69, 9.17) is 0 Å². The van der Waals surface area contributed by atoms with E-state index in [0.717, 1.165) is 40.2 Å². The molecule has 4 rings (SSSR count). The second-order valence-electron chi connectivity index (χ2n) is 7.17. The Kier molecular flexibility index (Phi) is 4.09. The van der Waals surface area contributed by atoms with Crippen LogP contribution in [0.15, 0.2) is 42.6 Å². The van der Waals surface area contributed by atoms with E-state index in [0.29, 0.717) is 0 Å². The van der Waals surface area contributed by atoms with Gasteiger partial charge in [-0.1, -0.05) is 37.8 Å². The first-order chi connectivity index (χ1) is 11.7. The van der Waals surface area contributed by atoms with Gasteiger partial charge in [0.1, 0.15) is 11.5 Å². The van der Waals surface area contributed by atoms with Crippen LogP contribution in [0.2, 0.25) is 0 Å². The fourth-order valence-electron chi connectivity index (χ4n) is 4.08. The molecule has 0 bridgehead atoms. The number of H-pyrrole nitrogens is 1. The highest BCUT2D eigenvalue weighted by Crippen LogP contribution is 2.38. The number of aromatic nitrogens is 2. The van der Waals surface area contributed by atoms with Gasteiger partial charge < -0.3 is 4.98 Å². The number of hydrogen-bond donors (Lipinski definition) is 1. The largest absolute Gasteiger partial charge is 0.343 e. The van der Waals surface area contributed by atoms with Gasteiger partial charge in [0.15, 0.2) is 0 Å². The molecular weight excluding hydrogens is 299 g/mol. The van der Waals surface area contributed by atoms with Crippen LogP contribution in [0.5, 0.6) is 0 Å². The Balaban J connectivity index is 1.74. The lowest BCUT2D eigenvalue weighted by molar-refractivity contribution is 0.468. The van der Waals surface area contributed by atoms with Gasteiger partial charge in [0.05, 0.1) is 0 Å². The van der Waals surface area contributed by atoms with Crippen molar-refractivity contribution in [3.63, 3.8) is 0 Å². The Bertz CT molecular complexity index is 846. The first-order valence-corrected chi connectivity index (χ1v) is 8.90. The van der Waals surface area contributed by atoms with Crippen LogP contribution >= 0.6 is 0 Å². The Morgan fingerprint density at radius 1 is 1.21 bits per heavy atom. The molecule has 1 atom stereocenters. The summed E-state index contributed by atoms with van der Waals surface area (Å²) in [4.78, 5) is 7.98. The minimum absolute atomic E-state index is 0.158. The quantitative estimate of drug-likeness (QED) is 0.653. The van der Waals surface area contributed by atoms with Gasteiger partial charge in [-0.3, -0.25) is 0 Å². The van der Waals surface area contributed by atoms with Crippen LogP contribution in [-0.4, -0.2) is 9.97 Å². The van der Waals surface area contributed by atoms with Crippen molar-refractivity contribution in [2.24, 2.45) is 5.92 Å². The maximum atomic E-state index is 13.8. The highest BCUT2D eigenvalue weighted by molar-refractivity contribution is 5.77. The van der Waals surface area contributed by atoms with Gasteiger partial charge in [-0.15, -0.1) is 0 Å². The maximum absolute atomic E-state index is 13.8. The highest BCUT2D eigenvalue weighted by atomic mass is 19.1. The minimum atomic E-state index is -0.158. The molecule has 2 aromatic heterocycles. The molecule has 2 nitrogen and oxygen atoms in total. The van der Waals surface area contributed by atoms with E-state index in [-0.39, 0.29) is 11.7 Å². The van der Waals surface area contributed by atoms with Crippen molar-refractivity contribution in [3.05, 3.63) is 65.2 Å². The lowest BCUT2D eigenvalue weighted by Crippen LogP contribution is -2.07. The third-order valence-electron chi connectivity index (χ3n) is 5.30. The summed E-state index contributed by atoms with van der Waals surface area (Å²) in [5, 5.41) is 1.14. The molecule has 1 aliphatic rings. The second-order valence-corrected chi connectivity index (χ2v) is 7.17. The number of aryl methyl sites for hydroxylation is 1. The van der Waals surface area contributed by atoms with Crippen LogP contribution in [0.4, 0.5) is 4.39 Å². The van der Waals surface area contributed by atoms with E-state index in [9.17, 15) is 4.39 Å². The third kappa shape index (κ3) is 3.08. The fourth-order valence-corrected chi connectivity index (χ4v) is 4.08. The lowest BCUT2D eigenvalue weighted by atomic mass is 9.85. The van der Waals surface area contributed by atoms with E-state index < -0.39 is 0 Å². The van der Waals surface area contributed by atoms with Crippen molar-refractivity contribution >= 4 is 11.0 Å². The van der Waals surface area contributed by atoms with Gasteiger partial charge in [0.25, 0.3) is 0 Å². The number of pyridine rings is 1. The Labute approximate surface area is 142 Å². The third-order valence-corrected chi connectivity index (χ3v) is 5.30. The molecule has 3 aromatic rings. The second kappa shape index (κ2) is 6.39. The van der Waals surface area contributed by atoms with E-state index in [1.165, 1.54) is 31.7 Å². The maximum Gasteiger partial charge on any atom is 0.137 e. The summed E-state index contributed by atoms with van der Waals surface area (Å²) in [6.45, 7) is 2.06. The normalized spacial score (nSPS) is 16.8. The molecule has 124 valence electrons. The average molecular weight is 322 g/mol. The van der Waals surface area contributed by atoms with Gasteiger partial charge >= 0.3 is 0 Å². The van der Waals surface area contributed by atoms with E-state index >= 15 is 0 Å². The standard InChI is InChI=1S/C21H23FN2/c1-14-9-17-12-20(24-21(17)23-13-14)19(10-15-5-2-3-6-15)16-7-4-8-18(22)11-16/h4,7-9,11-13,15,19H,2-3,5-6,10H2,1H3,(H,23,24). The molecule has 1 unspecified atom stereocenters. The molecular formula is C21H23FN2. The average Bonchev–Trinajstić information content (AvgIpc) is 3.21. The number of nitrogens with one attached hydrogen (secondary N) is 1. The summed E-state index contributed by atoms with van der Waals surface area (Å²) in [5.41, 5.74) is 4.29. The summed E-state index contributed by atoms with van der Waals surface area (Å²) in [7, 11) is 0. The first-order valence-electron chi connectivity index (χ1n) is 8.90. The number of nitrogens with zero attached hydrogens (tertiary/aromatic N) is 1. The van der Waals surface area contributed by atoms with Crippen LogP contribution < -0.4 is 0 Å². The zero-order valence-electron chi connectivity index (χ0n) is 14.1. The molecule has 0 radical (unpaired) electrons. The van der Waals surface area contributed by atoms with Crippen molar-refractivity contribution in [2.45, 2.75) is 44.9 Å². The molecule has 3 heteroatoms. The van der Waals surface area contributed by atoms with E-state index in [2.05, 4.69) is 29.0 Å². The zero-order chi connectivity index (χ0) is 16.5. The van der Waals surface area contributed by atoms with Gasteiger partial charge in [-0.05, 0) is 54.7 Å². The van der Waals surface area contributed by atoms with Crippen LogP contribution in [0.1, 0.15) is 54.8 Å². The number of rotatable bonds is 4. The summed E-state index contributed by atoms with van der Waals surface area (Å²) in [5.74, 6) is 0.784. The predicted molar refractivity (Wildman–Crippen MR) is 95.6 cm³/mol. The minimum Gasteiger partial charge on any atom is -0.343 e. The number of fused-ring (bicyclic) bond motifs is 1. The summed E-state index contributed by atoms with van der Waals surface area (Å²) >= 11 is 0. The van der Waals surface area contributed by atoms with Crippen LogP contribution in [0, 0.1) is 18.7 Å². The molecule has 1 aromatic carbocycles. The van der Waals surface area contributed by atoms with Gasteiger partial charge in [-0.2, -0.15) is 0 Å². The Hall–Kier alpha value is -2.16. The number of benzene rings is 1. The van der Waals surface area contributed by atoms with Crippen LogP contribution in [-0.2, 0) is 0 Å². The van der Waals surface area contributed by atoms with Crippen LogP contribution in [0.3, 0.4) is 0 Å². The van der Waals surface area contributed by atoms with Crippen molar-refractivity contribution in [1.29, 1.82) is 0 Å². The van der Waals surface area contributed by atoms with E-state index in [1.54, 1.807) is 6.07 Å². The molecule has 0 spiro atoms. The van der Waals surface area contributed by atoms with Crippen molar-refractivity contribution in [1.82, 2.24) is 9.97 Å². The molecule has 1 fully saturated rings. The monoisotopic (exact) mass is 322 g/mol. The van der Waals surface area contributed by atoms with Crippen molar-refractivity contribution < 1.29 is 4.39 Å². The van der Waals surface area contributed by atoms with Gasteiger partial charge in [0, 0.05) is 23.2 Å². The Morgan fingerprint density at radius 3 is 2.83 bits per heavy atom. The number of hydrogen-bond acceptors (Lipinski definition) is 1. The summed E-state index contributed by atoms with van der Waals surface area (Å²) in [6.07, 6.45) is 8.21. The summed E-state index contributed by atoms with van der Waals surface area (Å²) in [6, 6.07) is 11.4. The smallest absolute Gasteiger partial charge is 0.137 e. The van der Waals surface area contributed by atoms with E-state index in [1.807, 2.05) is 18.3 Å². The molecule has 0 aliphatic heterocycles. The first kappa shape index (κ1) is 15.4. The zero-order valence-corrected chi connectivity index (χ0v) is 14.1. The molecule has 2 heterocycles. The van der Waals surface area contributed by atoms with Crippen LogP contribution in [0.25, 0.3) is 11.0 Å². The van der Waals surface area contributed by atoms with Gasteiger partial charge in [0.2, 0.25) is 0 Å². The molecule has 1 N–H and O–H groups in total. The Morgan fingerprint density at radius 2 is 2.04 bits per heavy atom. The summed E-state index contributed by atoms with van der Waals surface area (Å²) < 4.78 is 13.8. The van der Waals surface area contributed by atoms with Gasteiger partial charge in [-0.25, -0.2) is 9.37 Å².